The van der Waals surface area contributed by atoms with E-state index in [-0.39, 0.29) is 29.7 Å². The van der Waals surface area contributed by atoms with Gasteiger partial charge in [0, 0.05) is 37.3 Å². The fourth-order valence-electron chi connectivity index (χ4n) is 3.79. The molecule has 2 aliphatic rings. The van der Waals surface area contributed by atoms with Gasteiger partial charge in [-0.15, -0.1) is 0 Å². The van der Waals surface area contributed by atoms with Gasteiger partial charge in [-0.1, -0.05) is 0 Å². The van der Waals surface area contributed by atoms with E-state index < -0.39 is 16.8 Å². The average Bonchev–Trinajstić information content (AvgIpc) is 3.15. The van der Waals surface area contributed by atoms with E-state index in [9.17, 15) is 24.8 Å². The van der Waals surface area contributed by atoms with Crippen molar-refractivity contribution in [2.24, 2.45) is 5.92 Å². The number of benzene rings is 1. The van der Waals surface area contributed by atoms with E-state index in [0.717, 1.165) is 25.9 Å². The van der Waals surface area contributed by atoms with Crippen LogP contribution < -0.4 is 4.90 Å². The van der Waals surface area contributed by atoms with E-state index in [0.29, 0.717) is 18.5 Å². The molecule has 2 saturated heterocycles. The second-order valence-electron chi connectivity index (χ2n) is 7.07. The molecule has 26 heavy (non-hydrogen) atoms. The number of hydrogen-bond acceptors (Lipinski definition) is 5. The van der Waals surface area contributed by atoms with Crippen LogP contribution in [0, 0.1) is 16.0 Å². The van der Waals surface area contributed by atoms with Gasteiger partial charge in [0.25, 0.3) is 11.6 Å². The summed E-state index contributed by atoms with van der Waals surface area (Å²) >= 11 is 0. The summed E-state index contributed by atoms with van der Waals surface area (Å²) in [6.45, 7) is 3.56. The molecule has 0 bridgehead atoms. The smallest absolute Gasteiger partial charge is 0.308 e. The van der Waals surface area contributed by atoms with Gasteiger partial charge in [0.2, 0.25) is 0 Å². The van der Waals surface area contributed by atoms with Gasteiger partial charge in [0.05, 0.1) is 10.8 Å². The fraction of sp³-hybridized carbons (Fsp3) is 0.556. The highest BCUT2D eigenvalue weighted by atomic mass is 16.6. The molecule has 0 aliphatic carbocycles. The van der Waals surface area contributed by atoms with Gasteiger partial charge in [-0.3, -0.25) is 19.7 Å². The number of nitro benzene ring substituents is 1. The van der Waals surface area contributed by atoms with Crippen LogP contribution in [0.4, 0.5) is 11.4 Å². The third-order valence-electron chi connectivity index (χ3n) is 5.36. The van der Waals surface area contributed by atoms with Crippen molar-refractivity contribution in [2.75, 3.05) is 24.5 Å². The Kier molecular flexibility index (Phi) is 5.11. The average molecular weight is 361 g/mol. The Hall–Kier alpha value is -2.64. The lowest BCUT2D eigenvalue weighted by molar-refractivity contribution is -0.384. The van der Waals surface area contributed by atoms with Crippen molar-refractivity contribution in [3.63, 3.8) is 0 Å². The molecule has 2 heterocycles. The zero-order chi connectivity index (χ0) is 18.8. The van der Waals surface area contributed by atoms with Crippen molar-refractivity contribution >= 4 is 23.3 Å². The Bertz CT molecular complexity index is 730. The summed E-state index contributed by atoms with van der Waals surface area (Å²) in [6, 6.07) is 4.49. The van der Waals surface area contributed by atoms with Crippen molar-refractivity contribution in [2.45, 2.75) is 38.6 Å². The third kappa shape index (κ3) is 3.49. The minimum Gasteiger partial charge on any atom is -0.481 e. The number of hydrogen-bond donors (Lipinski definition) is 1. The predicted octanol–water partition coefficient (Wildman–Crippen LogP) is 2.52. The Morgan fingerprint density at radius 2 is 1.92 bits per heavy atom. The molecular formula is C18H23N3O5. The fourth-order valence-corrected chi connectivity index (χ4v) is 3.79. The number of amides is 1. The monoisotopic (exact) mass is 361 g/mol. The maximum Gasteiger partial charge on any atom is 0.308 e. The third-order valence-corrected chi connectivity index (χ3v) is 5.36. The molecule has 0 spiro atoms. The maximum atomic E-state index is 12.9. The molecule has 2 unspecified atom stereocenters. The quantitative estimate of drug-likeness (QED) is 0.653. The maximum absolute atomic E-state index is 12.9. The van der Waals surface area contributed by atoms with Crippen molar-refractivity contribution < 1.29 is 19.6 Å². The first-order valence-corrected chi connectivity index (χ1v) is 8.95. The van der Waals surface area contributed by atoms with Gasteiger partial charge in [-0.2, -0.15) is 0 Å². The lowest BCUT2D eigenvalue weighted by atomic mass is 9.93. The molecule has 8 nitrogen and oxygen atoms in total. The summed E-state index contributed by atoms with van der Waals surface area (Å²) in [6.07, 6.45) is 3.14. The van der Waals surface area contributed by atoms with Crippen LogP contribution in [0.25, 0.3) is 0 Å². The normalized spacial score (nSPS) is 23.1. The summed E-state index contributed by atoms with van der Waals surface area (Å²) in [5.74, 6) is -1.85. The minimum atomic E-state index is -0.912. The predicted molar refractivity (Wildman–Crippen MR) is 95.4 cm³/mol. The van der Waals surface area contributed by atoms with Crippen LogP contribution in [0.2, 0.25) is 0 Å². The molecular weight excluding hydrogens is 338 g/mol. The van der Waals surface area contributed by atoms with E-state index in [2.05, 4.69) is 0 Å². The lowest BCUT2D eigenvalue weighted by Crippen LogP contribution is -2.47. The van der Waals surface area contributed by atoms with Crippen LogP contribution in [-0.2, 0) is 4.79 Å². The summed E-state index contributed by atoms with van der Waals surface area (Å²) in [7, 11) is 0. The molecule has 2 fully saturated rings. The summed E-state index contributed by atoms with van der Waals surface area (Å²) < 4.78 is 0. The van der Waals surface area contributed by atoms with Gasteiger partial charge in [0.1, 0.15) is 5.69 Å². The topological polar surface area (TPSA) is 104 Å². The number of carboxylic acid groups (broad SMARTS) is 1. The van der Waals surface area contributed by atoms with Crippen molar-refractivity contribution in [1.82, 2.24) is 4.90 Å². The number of aliphatic carboxylic acids is 1. The summed E-state index contributed by atoms with van der Waals surface area (Å²) in [5, 5.41) is 20.7. The molecule has 0 saturated carbocycles. The van der Waals surface area contributed by atoms with Gasteiger partial charge in [-0.25, -0.2) is 0 Å². The van der Waals surface area contributed by atoms with Gasteiger partial charge in [-0.05, 0) is 44.7 Å². The molecule has 3 rings (SSSR count). The first kappa shape index (κ1) is 18.2. The van der Waals surface area contributed by atoms with Crippen LogP contribution >= 0.6 is 0 Å². The first-order valence-electron chi connectivity index (χ1n) is 8.95. The van der Waals surface area contributed by atoms with Crippen LogP contribution in [0.5, 0.6) is 0 Å². The Balaban J connectivity index is 1.88. The molecule has 0 aromatic heterocycles. The van der Waals surface area contributed by atoms with E-state index in [1.165, 1.54) is 11.0 Å². The standard InChI is InChI=1S/C18H23N3O5/c1-12-4-5-14(18(23)24)11-20(12)17(22)13-6-7-15(16(10-13)21(25)26)19-8-2-3-9-19/h6-7,10,12,14H,2-5,8-9,11H2,1H3,(H,23,24). The van der Waals surface area contributed by atoms with E-state index in [1.807, 2.05) is 11.8 Å². The van der Waals surface area contributed by atoms with Gasteiger partial charge >= 0.3 is 5.97 Å². The molecule has 2 aliphatic heterocycles. The Morgan fingerprint density at radius 1 is 1.23 bits per heavy atom. The molecule has 0 radical (unpaired) electrons. The summed E-state index contributed by atoms with van der Waals surface area (Å²) in [4.78, 5) is 38.7. The van der Waals surface area contributed by atoms with Gasteiger partial charge < -0.3 is 14.9 Å². The van der Waals surface area contributed by atoms with Crippen LogP contribution in [0.3, 0.4) is 0 Å². The van der Waals surface area contributed by atoms with Crippen LogP contribution in [-0.4, -0.2) is 52.5 Å². The number of carboxylic acids is 1. The zero-order valence-electron chi connectivity index (χ0n) is 14.8. The zero-order valence-corrected chi connectivity index (χ0v) is 14.8. The summed E-state index contributed by atoms with van der Waals surface area (Å²) in [5.41, 5.74) is 0.703. The van der Waals surface area contributed by atoms with E-state index in [4.69, 9.17) is 0 Å². The molecule has 1 aromatic carbocycles. The SMILES string of the molecule is CC1CCC(C(=O)O)CN1C(=O)c1ccc(N2CCCC2)c([N+](=O)[O-])c1. The van der Waals surface area contributed by atoms with Crippen molar-refractivity contribution in [3.8, 4) is 0 Å². The number of likely N-dealkylation sites (tertiary alicyclic amines) is 1. The van der Waals surface area contributed by atoms with Gasteiger partial charge in [0.15, 0.2) is 0 Å². The highest BCUT2D eigenvalue weighted by Crippen LogP contribution is 2.33. The number of nitrogens with zero attached hydrogens (tertiary/aromatic N) is 3. The van der Waals surface area contributed by atoms with Crippen LogP contribution in [0.15, 0.2) is 18.2 Å². The number of carbonyl (C=O) groups excluding carboxylic acids is 1. The molecule has 2 atom stereocenters. The molecule has 140 valence electrons. The highest BCUT2D eigenvalue weighted by Gasteiger charge is 2.34. The molecule has 1 aromatic rings. The molecule has 8 heteroatoms. The van der Waals surface area contributed by atoms with E-state index in [1.54, 1.807) is 12.1 Å². The Labute approximate surface area is 151 Å². The first-order chi connectivity index (χ1) is 12.4. The number of piperidine rings is 1. The lowest BCUT2D eigenvalue weighted by Gasteiger charge is -2.36. The second kappa shape index (κ2) is 7.31. The number of rotatable bonds is 4. The van der Waals surface area contributed by atoms with Crippen molar-refractivity contribution in [1.29, 1.82) is 0 Å². The number of carbonyl (C=O) groups is 2. The number of nitro groups is 1. The largest absolute Gasteiger partial charge is 0.481 e. The van der Waals surface area contributed by atoms with E-state index >= 15 is 0 Å². The molecule has 1 N–H and O–H groups in total. The van der Waals surface area contributed by atoms with Crippen molar-refractivity contribution in [3.05, 3.63) is 33.9 Å². The number of anilines is 1. The Morgan fingerprint density at radius 3 is 2.54 bits per heavy atom. The van der Waals surface area contributed by atoms with Crippen LogP contribution in [0.1, 0.15) is 43.0 Å². The highest BCUT2D eigenvalue weighted by molar-refractivity contribution is 5.96. The molecule has 1 amide bonds. The second-order valence-corrected chi connectivity index (χ2v) is 7.07. The minimum absolute atomic E-state index is 0.0720.